The van der Waals surface area contributed by atoms with Gasteiger partial charge < -0.3 is 10.0 Å². The van der Waals surface area contributed by atoms with Gasteiger partial charge in [-0.05, 0) is 38.1 Å². The van der Waals surface area contributed by atoms with E-state index >= 15 is 0 Å². The van der Waals surface area contributed by atoms with Gasteiger partial charge in [0.25, 0.3) is 0 Å². The van der Waals surface area contributed by atoms with Gasteiger partial charge >= 0.3 is 5.97 Å². The summed E-state index contributed by atoms with van der Waals surface area (Å²) in [5.74, 6) is -0.959. The zero-order chi connectivity index (χ0) is 14.2. The van der Waals surface area contributed by atoms with Gasteiger partial charge in [-0.2, -0.15) is 0 Å². The van der Waals surface area contributed by atoms with Crippen LogP contribution in [0.4, 0.5) is 5.69 Å². The molecule has 1 amide bonds. The summed E-state index contributed by atoms with van der Waals surface area (Å²) in [6.45, 7) is 4.20. The Labute approximate surface area is 112 Å². The lowest BCUT2D eigenvalue weighted by atomic mass is 10.1. The Bertz CT molecular complexity index is 527. The molecule has 0 saturated carbocycles. The monoisotopic (exact) mass is 262 g/mol. The number of aliphatic carboxylic acids is 1. The number of benzene rings is 1. The first kappa shape index (κ1) is 13.5. The smallest absolute Gasteiger partial charge is 0.322 e. The number of anilines is 1. The second-order valence-electron chi connectivity index (χ2n) is 5.06. The topological polar surface area (TPSA) is 60.9 Å². The van der Waals surface area contributed by atoms with Crippen LogP contribution in [0.3, 0.4) is 0 Å². The summed E-state index contributed by atoms with van der Waals surface area (Å²) in [5.41, 5.74) is 2.84. The fourth-order valence-electron chi connectivity index (χ4n) is 2.33. The van der Waals surface area contributed by atoms with Crippen molar-refractivity contribution in [2.45, 2.75) is 19.9 Å². The zero-order valence-corrected chi connectivity index (χ0v) is 11.4. The Kier molecular flexibility index (Phi) is 3.57. The summed E-state index contributed by atoms with van der Waals surface area (Å²) < 4.78 is 0. The Morgan fingerprint density at radius 3 is 2.68 bits per heavy atom. The number of carbonyl (C=O) groups excluding carboxylic acids is 1. The van der Waals surface area contributed by atoms with Crippen molar-refractivity contribution in [2.24, 2.45) is 0 Å². The second-order valence-corrected chi connectivity index (χ2v) is 5.06. The van der Waals surface area contributed by atoms with Gasteiger partial charge in [0, 0.05) is 5.69 Å². The van der Waals surface area contributed by atoms with E-state index in [9.17, 15) is 14.7 Å². The first-order chi connectivity index (χ1) is 8.90. The third-order valence-corrected chi connectivity index (χ3v) is 3.51. The highest BCUT2D eigenvalue weighted by Crippen LogP contribution is 2.24. The number of nitrogens with zero attached hydrogens (tertiary/aromatic N) is 2. The number of amides is 1. The molecule has 102 valence electrons. The van der Waals surface area contributed by atoms with E-state index < -0.39 is 12.0 Å². The van der Waals surface area contributed by atoms with Crippen molar-refractivity contribution < 1.29 is 14.7 Å². The fraction of sp³-hybridized carbons (Fsp3) is 0.429. The summed E-state index contributed by atoms with van der Waals surface area (Å²) in [4.78, 5) is 26.5. The molecular weight excluding hydrogens is 244 g/mol. The summed E-state index contributed by atoms with van der Waals surface area (Å²) in [5, 5.41) is 9.20. The number of likely N-dealkylation sites (N-methyl/N-ethyl adjacent to an activating group) is 1. The molecule has 1 aromatic carbocycles. The summed E-state index contributed by atoms with van der Waals surface area (Å²) in [7, 11) is 1.66. The van der Waals surface area contributed by atoms with Crippen LogP contribution in [0.15, 0.2) is 18.2 Å². The average molecular weight is 262 g/mol. The van der Waals surface area contributed by atoms with Crippen molar-refractivity contribution in [3.63, 3.8) is 0 Å². The largest absolute Gasteiger partial charge is 0.480 e. The second kappa shape index (κ2) is 5.01. The normalized spacial score (nSPS) is 20.7. The van der Waals surface area contributed by atoms with Gasteiger partial charge in [-0.1, -0.05) is 12.1 Å². The number of hydrogen-bond donors (Lipinski definition) is 1. The van der Waals surface area contributed by atoms with Crippen molar-refractivity contribution in [3.05, 3.63) is 29.3 Å². The molecule has 1 fully saturated rings. The number of rotatable bonds is 2. The molecular formula is C14H18N2O3. The lowest BCUT2D eigenvalue weighted by Gasteiger charge is -2.37. The molecule has 5 heteroatoms. The van der Waals surface area contributed by atoms with Crippen molar-refractivity contribution in [3.8, 4) is 0 Å². The minimum atomic E-state index is -0.898. The molecule has 0 radical (unpaired) electrons. The molecule has 5 nitrogen and oxygen atoms in total. The van der Waals surface area contributed by atoms with Crippen molar-refractivity contribution in [2.75, 3.05) is 25.0 Å². The quantitative estimate of drug-likeness (QED) is 0.865. The highest BCUT2D eigenvalue weighted by atomic mass is 16.4. The van der Waals surface area contributed by atoms with Crippen LogP contribution in [0, 0.1) is 13.8 Å². The Morgan fingerprint density at radius 1 is 1.37 bits per heavy atom. The minimum Gasteiger partial charge on any atom is -0.480 e. The van der Waals surface area contributed by atoms with E-state index in [1.54, 1.807) is 16.8 Å². The first-order valence-electron chi connectivity index (χ1n) is 6.21. The maximum absolute atomic E-state index is 12.1. The molecule has 1 aromatic rings. The lowest BCUT2D eigenvalue weighted by molar-refractivity contribution is -0.144. The van der Waals surface area contributed by atoms with E-state index in [0.29, 0.717) is 0 Å². The van der Waals surface area contributed by atoms with Crippen LogP contribution >= 0.6 is 0 Å². The van der Waals surface area contributed by atoms with Crippen molar-refractivity contribution in [1.29, 1.82) is 0 Å². The molecule has 2 rings (SSSR count). The summed E-state index contributed by atoms with van der Waals surface area (Å²) in [6.07, 6.45) is 0. The molecule has 19 heavy (non-hydrogen) atoms. The molecule has 1 N–H and O–H groups in total. The third kappa shape index (κ3) is 2.61. The maximum atomic E-state index is 12.1. The SMILES string of the molecule is Cc1ccc(C)c(N2CC(C(=O)O)N(C)CC2=O)c1. The number of hydrogen-bond acceptors (Lipinski definition) is 3. The van der Waals surface area contributed by atoms with Crippen LogP contribution in [0.5, 0.6) is 0 Å². The van der Waals surface area contributed by atoms with E-state index in [-0.39, 0.29) is 19.0 Å². The molecule has 1 aliphatic heterocycles. The average Bonchev–Trinajstić information content (AvgIpc) is 2.32. The number of piperazine rings is 1. The van der Waals surface area contributed by atoms with E-state index in [1.807, 2.05) is 32.0 Å². The number of carboxylic acids is 1. The van der Waals surface area contributed by atoms with Crippen LogP contribution in [0.25, 0.3) is 0 Å². The summed E-state index contributed by atoms with van der Waals surface area (Å²) >= 11 is 0. The van der Waals surface area contributed by atoms with Gasteiger partial charge in [0.2, 0.25) is 5.91 Å². The van der Waals surface area contributed by atoms with Crippen LogP contribution in [0.1, 0.15) is 11.1 Å². The van der Waals surface area contributed by atoms with Crippen molar-refractivity contribution in [1.82, 2.24) is 4.90 Å². The molecule has 1 unspecified atom stereocenters. The van der Waals surface area contributed by atoms with E-state index in [2.05, 4.69) is 0 Å². The highest BCUT2D eigenvalue weighted by Gasteiger charge is 2.35. The molecule has 1 saturated heterocycles. The lowest BCUT2D eigenvalue weighted by Crippen LogP contribution is -2.57. The summed E-state index contributed by atoms with van der Waals surface area (Å²) in [6, 6.07) is 5.20. The Balaban J connectivity index is 2.35. The van der Waals surface area contributed by atoms with Crippen LogP contribution < -0.4 is 4.90 Å². The van der Waals surface area contributed by atoms with Gasteiger partial charge in [0.15, 0.2) is 0 Å². The van der Waals surface area contributed by atoms with Gasteiger partial charge in [0.1, 0.15) is 6.04 Å². The predicted molar refractivity (Wildman–Crippen MR) is 72.3 cm³/mol. The Morgan fingerprint density at radius 2 is 2.05 bits per heavy atom. The zero-order valence-electron chi connectivity index (χ0n) is 11.4. The Hall–Kier alpha value is -1.88. The standard InChI is InChI=1S/C14H18N2O3/c1-9-4-5-10(2)11(6-9)16-7-12(14(18)19)15(3)8-13(16)17/h4-6,12H,7-8H2,1-3H3,(H,18,19). The minimum absolute atomic E-state index is 0.0614. The molecule has 0 bridgehead atoms. The van der Waals surface area contributed by atoms with Gasteiger partial charge in [-0.25, -0.2) is 0 Å². The third-order valence-electron chi connectivity index (χ3n) is 3.51. The highest BCUT2D eigenvalue weighted by molar-refractivity contribution is 5.98. The molecule has 0 aliphatic carbocycles. The van der Waals surface area contributed by atoms with Crippen LogP contribution in [-0.4, -0.2) is 48.1 Å². The molecule has 0 spiro atoms. The molecule has 1 aliphatic rings. The number of carboxylic acid groups (broad SMARTS) is 1. The van der Waals surface area contributed by atoms with Gasteiger partial charge in [-0.15, -0.1) is 0 Å². The fourth-order valence-corrected chi connectivity index (χ4v) is 2.33. The molecule has 0 aromatic heterocycles. The van der Waals surface area contributed by atoms with E-state index in [1.165, 1.54) is 0 Å². The van der Waals surface area contributed by atoms with Crippen LogP contribution in [0.2, 0.25) is 0 Å². The van der Waals surface area contributed by atoms with E-state index in [4.69, 9.17) is 0 Å². The number of aryl methyl sites for hydroxylation is 2. The number of carbonyl (C=O) groups is 2. The van der Waals surface area contributed by atoms with Gasteiger partial charge in [0.05, 0.1) is 13.1 Å². The van der Waals surface area contributed by atoms with Crippen molar-refractivity contribution >= 4 is 17.6 Å². The van der Waals surface area contributed by atoms with Crippen LogP contribution in [-0.2, 0) is 9.59 Å². The van der Waals surface area contributed by atoms with E-state index in [0.717, 1.165) is 16.8 Å². The molecule has 1 heterocycles. The first-order valence-corrected chi connectivity index (χ1v) is 6.21. The maximum Gasteiger partial charge on any atom is 0.322 e. The van der Waals surface area contributed by atoms with Gasteiger partial charge in [-0.3, -0.25) is 14.5 Å². The predicted octanol–water partition coefficient (Wildman–Crippen LogP) is 1.04. The molecule has 1 atom stereocenters.